The molecule has 0 saturated carbocycles. The molecule has 11 heteroatoms. The van der Waals surface area contributed by atoms with Gasteiger partial charge >= 0.3 is 0 Å². The number of rotatable bonds is 7. The molecule has 1 aromatic rings. The molecule has 33 heavy (non-hydrogen) atoms. The average molecular weight is 481 g/mol. The van der Waals surface area contributed by atoms with Crippen molar-refractivity contribution in [3.63, 3.8) is 0 Å². The Hall–Kier alpha value is -2.21. The standard InChI is InChI=1S/C22H32N4O6S/c1-17-4-2-3-8-24(17)9-7-23-21(27)15-26-19-14-18(5-6-20(19)32-16-22(26)28)33(29,30)25-10-12-31-13-11-25/h5-6,14,17H,2-4,7-13,15-16H2,1H3,(H,23,27)/t17-/m1/s1. The highest BCUT2D eigenvalue weighted by Crippen LogP contribution is 2.35. The number of benzene rings is 1. The van der Waals surface area contributed by atoms with E-state index in [1.165, 1.54) is 46.7 Å². The molecule has 0 unspecified atom stereocenters. The smallest absolute Gasteiger partial charge is 0.265 e. The van der Waals surface area contributed by atoms with Gasteiger partial charge in [-0.05, 0) is 44.5 Å². The highest BCUT2D eigenvalue weighted by atomic mass is 32.2. The van der Waals surface area contributed by atoms with Gasteiger partial charge in [0.15, 0.2) is 6.61 Å². The molecule has 2 amide bonds. The molecule has 4 rings (SSSR count). The summed E-state index contributed by atoms with van der Waals surface area (Å²) in [4.78, 5) is 28.9. The number of likely N-dealkylation sites (tertiary alicyclic amines) is 1. The van der Waals surface area contributed by atoms with E-state index in [2.05, 4.69) is 17.1 Å². The second-order valence-corrected chi connectivity index (χ2v) is 10.6. The zero-order valence-electron chi connectivity index (χ0n) is 19.0. The van der Waals surface area contributed by atoms with Gasteiger partial charge in [-0.15, -0.1) is 0 Å². The molecule has 2 fully saturated rings. The van der Waals surface area contributed by atoms with Gasteiger partial charge in [0.1, 0.15) is 12.3 Å². The van der Waals surface area contributed by atoms with Crippen LogP contribution >= 0.6 is 0 Å². The van der Waals surface area contributed by atoms with Crippen LogP contribution in [0.5, 0.6) is 5.75 Å². The molecule has 0 aromatic heterocycles. The third-order valence-corrected chi connectivity index (χ3v) is 8.34. The molecule has 182 valence electrons. The SMILES string of the molecule is C[C@@H]1CCCCN1CCNC(=O)CN1C(=O)COc2ccc(S(=O)(=O)N3CCOCC3)cc21. The summed E-state index contributed by atoms with van der Waals surface area (Å²) >= 11 is 0. The first-order valence-corrected chi connectivity index (χ1v) is 13.0. The molecule has 3 aliphatic heterocycles. The largest absolute Gasteiger partial charge is 0.482 e. The summed E-state index contributed by atoms with van der Waals surface area (Å²) in [7, 11) is -3.74. The number of nitrogens with one attached hydrogen (secondary N) is 1. The first-order chi connectivity index (χ1) is 15.9. The molecule has 0 spiro atoms. The first kappa shape index (κ1) is 23.9. The van der Waals surface area contributed by atoms with Gasteiger partial charge in [0, 0.05) is 32.2 Å². The van der Waals surface area contributed by atoms with Gasteiger partial charge < -0.3 is 14.8 Å². The Kier molecular flexibility index (Phi) is 7.52. The van der Waals surface area contributed by atoms with Crippen LogP contribution in [0.25, 0.3) is 0 Å². The summed E-state index contributed by atoms with van der Waals surface area (Å²) in [6.07, 6.45) is 3.58. The Labute approximate surface area is 194 Å². The van der Waals surface area contributed by atoms with Crippen molar-refractivity contribution in [2.75, 3.05) is 64.0 Å². The maximum atomic E-state index is 13.0. The van der Waals surface area contributed by atoms with Crippen LogP contribution < -0.4 is 15.0 Å². The Morgan fingerprint density at radius 1 is 1.18 bits per heavy atom. The molecule has 1 N–H and O–H groups in total. The monoisotopic (exact) mass is 480 g/mol. The van der Waals surface area contributed by atoms with Crippen molar-refractivity contribution in [3.8, 4) is 5.75 Å². The predicted octanol–water partition coefficient (Wildman–Crippen LogP) is 0.424. The zero-order chi connectivity index (χ0) is 23.4. The van der Waals surface area contributed by atoms with Crippen molar-refractivity contribution in [3.05, 3.63) is 18.2 Å². The van der Waals surface area contributed by atoms with Gasteiger partial charge in [-0.2, -0.15) is 4.31 Å². The van der Waals surface area contributed by atoms with Crippen molar-refractivity contribution in [2.24, 2.45) is 0 Å². The lowest BCUT2D eigenvalue weighted by atomic mass is 10.0. The van der Waals surface area contributed by atoms with E-state index in [-0.39, 0.29) is 43.0 Å². The van der Waals surface area contributed by atoms with Crippen LogP contribution in [-0.2, 0) is 24.3 Å². The van der Waals surface area contributed by atoms with E-state index < -0.39 is 10.0 Å². The Morgan fingerprint density at radius 3 is 2.73 bits per heavy atom. The maximum Gasteiger partial charge on any atom is 0.265 e. The number of carbonyl (C=O) groups is 2. The fourth-order valence-corrected chi connectivity index (χ4v) is 5.91. The quantitative estimate of drug-likeness (QED) is 0.603. The van der Waals surface area contributed by atoms with Crippen molar-refractivity contribution in [1.29, 1.82) is 0 Å². The lowest BCUT2D eigenvalue weighted by Gasteiger charge is -2.33. The van der Waals surface area contributed by atoms with E-state index in [0.29, 0.717) is 37.2 Å². The topological polar surface area (TPSA) is 108 Å². The zero-order valence-corrected chi connectivity index (χ0v) is 19.8. The summed E-state index contributed by atoms with van der Waals surface area (Å²) in [5, 5.41) is 2.89. The van der Waals surface area contributed by atoms with E-state index in [1.807, 2.05) is 0 Å². The molecule has 1 aromatic carbocycles. The molecule has 0 radical (unpaired) electrons. The number of sulfonamides is 1. The van der Waals surface area contributed by atoms with Crippen LogP contribution in [0.2, 0.25) is 0 Å². The Balaban J connectivity index is 1.43. The van der Waals surface area contributed by atoms with E-state index in [1.54, 1.807) is 0 Å². The van der Waals surface area contributed by atoms with Crippen molar-refractivity contribution in [2.45, 2.75) is 37.1 Å². The highest BCUT2D eigenvalue weighted by Gasteiger charge is 2.32. The molecule has 1 atom stereocenters. The van der Waals surface area contributed by atoms with E-state index in [0.717, 1.165) is 13.1 Å². The number of ether oxygens (including phenoxy) is 2. The van der Waals surface area contributed by atoms with Crippen LogP contribution in [0.15, 0.2) is 23.1 Å². The number of morpholine rings is 1. The van der Waals surface area contributed by atoms with E-state index >= 15 is 0 Å². The molecule has 2 saturated heterocycles. The summed E-state index contributed by atoms with van der Waals surface area (Å²) < 4.78 is 38.2. The number of amides is 2. The van der Waals surface area contributed by atoms with Gasteiger partial charge in [-0.3, -0.25) is 19.4 Å². The second kappa shape index (κ2) is 10.4. The molecular weight excluding hydrogens is 448 g/mol. The van der Waals surface area contributed by atoms with Crippen LogP contribution in [0.3, 0.4) is 0 Å². The van der Waals surface area contributed by atoms with Crippen molar-refractivity contribution >= 4 is 27.5 Å². The fraction of sp³-hybridized carbons (Fsp3) is 0.636. The van der Waals surface area contributed by atoms with Gasteiger partial charge in [-0.25, -0.2) is 8.42 Å². The third kappa shape index (κ3) is 5.48. The minimum Gasteiger partial charge on any atom is -0.482 e. The minimum absolute atomic E-state index is 0.0611. The van der Waals surface area contributed by atoms with Gasteiger partial charge in [0.25, 0.3) is 5.91 Å². The fourth-order valence-electron chi connectivity index (χ4n) is 4.48. The number of fused-ring (bicyclic) bond motifs is 1. The summed E-state index contributed by atoms with van der Waals surface area (Å²) in [5.41, 5.74) is 0.292. The van der Waals surface area contributed by atoms with Gasteiger partial charge in [0.2, 0.25) is 15.9 Å². The Morgan fingerprint density at radius 2 is 1.97 bits per heavy atom. The summed E-state index contributed by atoms with van der Waals surface area (Å²) in [6.45, 7) is 5.35. The number of carbonyl (C=O) groups excluding carboxylic acids is 2. The Bertz CT molecular complexity index is 979. The highest BCUT2D eigenvalue weighted by molar-refractivity contribution is 7.89. The van der Waals surface area contributed by atoms with Gasteiger partial charge in [-0.1, -0.05) is 6.42 Å². The maximum absolute atomic E-state index is 13.0. The molecular formula is C22H32N4O6S. The lowest BCUT2D eigenvalue weighted by Crippen LogP contribution is -2.47. The van der Waals surface area contributed by atoms with E-state index in [9.17, 15) is 18.0 Å². The molecule has 0 bridgehead atoms. The predicted molar refractivity (Wildman–Crippen MR) is 122 cm³/mol. The molecule has 10 nitrogen and oxygen atoms in total. The lowest BCUT2D eigenvalue weighted by molar-refractivity contribution is -0.125. The normalized spacial score (nSPS) is 22.5. The molecule has 3 heterocycles. The number of nitrogens with zero attached hydrogens (tertiary/aromatic N) is 3. The van der Waals surface area contributed by atoms with Crippen LogP contribution in [0, 0.1) is 0 Å². The van der Waals surface area contributed by atoms with Gasteiger partial charge in [0.05, 0.1) is 23.8 Å². The molecule has 3 aliphatic rings. The van der Waals surface area contributed by atoms with Crippen molar-refractivity contribution < 1.29 is 27.5 Å². The van der Waals surface area contributed by atoms with Crippen LogP contribution in [-0.4, -0.2) is 94.6 Å². The minimum atomic E-state index is -3.74. The number of anilines is 1. The number of piperidine rings is 1. The number of hydrogen-bond donors (Lipinski definition) is 1. The first-order valence-electron chi connectivity index (χ1n) is 11.5. The third-order valence-electron chi connectivity index (χ3n) is 6.44. The molecule has 0 aliphatic carbocycles. The van der Waals surface area contributed by atoms with E-state index in [4.69, 9.17) is 9.47 Å². The van der Waals surface area contributed by atoms with Crippen molar-refractivity contribution in [1.82, 2.24) is 14.5 Å². The van der Waals surface area contributed by atoms with Crippen LogP contribution in [0.4, 0.5) is 5.69 Å². The average Bonchev–Trinajstić information content (AvgIpc) is 2.82. The summed E-state index contributed by atoms with van der Waals surface area (Å²) in [5.74, 6) is -0.295. The number of hydrogen-bond acceptors (Lipinski definition) is 7. The second-order valence-electron chi connectivity index (χ2n) is 8.65. The van der Waals surface area contributed by atoms with Crippen LogP contribution in [0.1, 0.15) is 26.2 Å². The summed E-state index contributed by atoms with van der Waals surface area (Å²) in [6, 6.07) is 4.94.